The average molecular weight is 570 g/mol. The summed E-state index contributed by atoms with van der Waals surface area (Å²) in [5, 5.41) is 11.7. The van der Waals surface area contributed by atoms with Gasteiger partial charge in [0.2, 0.25) is 0 Å². The predicted octanol–water partition coefficient (Wildman–Crippen LogP) is 5.52. The number of Topliss-reactive ketones (excluding diaryl/α,β-unsaturated/α-hetero) is 1. The van der Waals surface area contributed by atoms with Crippen LogP contribution in [0.15, 0.2) is 41.8 Å². The molecule has 8 atom stereocenters. The van der Waals surface area contributed by atoms with E-state index in [0.29, 0.717) is 12.8 Å². The minimum Gasteiger partial charge on any atom is -0.461 e. The van der Waals surface area contributed by atoms with Crippen LogP contribution in [0.5, 0.6) is 0 Å². The van der Waals surface area contributed by atoms with Crippen molar-refractivity contribution in [1.82, 2.24) is 4.90 Å². The Hall–Kier alpha value is -1.67. The van der Waals surface area contributed by atoms with Crippen LogP contribution in [0.2, 0.25) is 0 Å². The number of esters is 1. The maximum Gasteiger partial charge on any atom is 0.316 e. The Labute approximate surface area is 244 Å². The smallest absolute Gasteiger partial charge is 0.316 e. The minimum absolute atomic E-state index is 0.0317. The van der Waals surface area contributed by atoms with Crippen molar-refractivity contribution in [2.45, 2.75) is 83.4 Å². The lowest BCUT2D eigenvalue weighted by Crippen LogP contribution is -2.63. The lowest BCUT2D eigenvalue weighted by atomic mass is 9.44. The molecule has 6 nitrogen and oxygen atoms in total. The van der Waals surface area contributed by atoms with Crippen LogP contribution in [0.25, 0.3) is 0 Å². The van der Waals surface area contributed by atoms with Crippen LogP contribution >= 0.6 is 11.8 Å². The van der Waals surface area contributed by atoms with Crippen LogP contribution in [0, 0.1) is 34.0 Å². The van der Waals surface area contributed by atoms with Crippen molar-refractivity contribution in [2.24, 2.45) is 34.0 Å². The summed E-state index contributed by atoms with van der Waals surface area (Å²) >= 11 is 1.50. The largest absolute Gasteiger partial charge is 0.461 e. The summed E-state index contributed by atoms with van der Waals surface area (Å²) in [5.41, 5.74) is -0.136. The van der Waals surface area contributed by atoms with Gasteiger partial charge in [-0.1, -0.05) is 45.9 Å². The molecule has 3 aliphatic carbocycles. The SMILES string of the molecule is C=C[C@]1(C)C[C@@H](OC(=O)CSc2cccc(CN3CCOCC3)c2)[C@]2(C)C(C)CCC3(CCC(=O)C32)[C@@H](C)[C@@H]1O. The molecule has 1 saturated heterocycles. The Kier molecular flexibility index (Phi) is 8.60. The third-order valence-corrected chi connectivity index (χ3v) is 12.3. The zero-order valence-electron chi connectivity index (χ0n) is 24.7. The molecule has 0 aromatic heterocycles. The first kappa shape index (κ1) is 29.8. The van der Waals surface area contributed by atoms with E-state index in [0.717, 1.165) is 57.0 Å². The van der Waals surface area contributed by atoms with Gasteiger partial charge in [0.1, 0.15) is 11.9 Å². The molecule has 220 valence electrons. The molecule has 1 heterocycles. The van der Waals surface area contributed by atoms with Gasteiger partial charge in [-0.05, 0) is 60.6 Å². The van der Waals surface area contributed by atoms with Crippen molar-refractivity contribution in [3.8, 4) is 0 Å². The molecule has 5 rings (SSSR count). The number of aliphatic hydroxyl groups excluding tert-OH is 1. The highest BCUT2D eigenvalue weighted by Gasteiger charge is 2.68. The van der Waals surface area contributed by atoms with Crippen molar-refractivity contribution in [3.05, 3.63) is 42.5 Å². The third kappa shape index (κ3) is 5.21. The molecule has 4 fully saturated rings. The number of morpholine rings is 1. The molecule has 1 aromatic rings. The van der Waals surface area contributed by atoms with Crippen LogP contribution < -0.4 is 0 Å². The second-order valence-electron chi connectivity index (χ2n) is 13.4. The van der Waals surface area contributed by atoms with Crippen molar-refractivity contribution < 1.29 is 24.2 Å². The standard InChI is InChI=1S/C33H47NO5S/c1-6-31(4)19-27(32(5)22(2)10-12-33(23(3)30(31)37)13-11-26(35)29(32)33)39-28(36)21-40-25-9-7-8-24(18-25)20-34-14-16-38-17-15-34/h6-9,18,22-23,27,29-30,37H,1,10-17,19-21H2,2-5H3/t22?,23-,27+,29?,30-,31+,32-,33?/m0/s1. The lowest BCUT2D eigenvalue weighted by Gasteiger charge is -2.61. The Bertz CT molecular complexity index is 1120. The number of hydrogen-bond donors (Lipinski definition) is 1. The molecule has 0 spiro atoms. The van der Waals surface area contributed by atoms with Gasteiger partial charge in [-0.2, -0.15) is 0 Å². The van der Waals surface area contributed by atoms with E-state index in [-0.39, 0.29) is 40.7 Å². The van der Waals surface area contributed by atoms with Crippen LogP contribution in [-0.2, 0) is 25.6 Å². The lowest BCUT2D eigenvalue weighted by molar-refractivity contribution is -0.205. The maximum atomic E-state index is 13.6. The zero-order valence-corrected chi connectivity index (χ0v) is 25.5. The highest BCUT2D eigenvalue weighted by molar-refractivity contribution is 8.00. The molecule has 1 aliphatic heterocycles. The fourth-order valence-corrected chi connectivity index (χ4v) is 9.35. The number of hydrogen-bond acceptors (Lipinski definition) is 7. The Morgan fingerprint density at radius 2 is 2.00 bits per heavy atom. The fourth-order valence-electron chi connectivity index (χ4n) is 8.59. The van der Waals surface area contributed by atoms with E-state index in [1.165, 1.54) is 17.3 Å². The molecule has 3 unspecified atom stereocenters. The van der Waals surface area contributed by atoms with Crippen LogP contribution in [0.1, 0.15) is 65.4 Å². The number of thioether (sulfide) groups is 1. The van der Waals surface area contributed by atoms with Crippen LogP contribution in [0.3, 0.4) is 0 Å². The van der Waals surface area contributed by atoms with Gasteiger partial charge in [0.15, 0.2) is 0 Å². The van der Waals surface area contributed by atoms with Gasteiger partial charge in [-0.3, -0.25) is 14.5 Å². The second-order valence-corrected chi connectivity index (χ2v) is 14.4. The van der Waals surface area contributed by atoms with E-state index in [1.54, 1.807) is 0 Å². The second kappa shape index (κ2) is 11.5. The molecule has 7 heteroatoms. The number of aliphatic hydroxyl groups is 1. The van der Waals surface area contributed by atoms with E-state index in [2.05, 4.69) is 44.4 Å². The molecule has 40 heavy (non-hydrogen) atoms. The summed E-state index contributed by atoms with van der Waals surface area (Å²) < 4.78 is 11.9. The first-order valence-corrected chi connectivity index (χ1v) is 16.1. The Morgan fingerprint density at radius 1 is 1.25 bits per heavy atom. The molecule has 4 aliphatic rings. The topological polar surface area (TPSA) is 76.1 Å². The molecule has 0 radical (unpaired) electrons. The number of carbonyl (C=O) groups excluding carboxylic acids is 2. The van der Waals surface area contributed by atoms with Crippen LogP contribution in [0.4, 0.5) is 0 Å². The summed E-state index contributed by atoms with van der Waals surface area (Å²) in [6.45, 7) is 17.0. The third-order valence-electron chi connectivity index (χ3n) is 11.3. The van der Waals surface area contributed by atoms with Gasteiger partial charge in [0.05, 0.1) is 25.1 Å². The number of carbonyl (C=O) groups is 2. The molecule has 1 aromatic carbocycles. The van der Waals surface area contributed by atoms with E-state index in [9.17, 15) is 14.7 Å². The first-order valence-electron chi connectivity index (χ1n) is 15.1. The van der Waals surface area contributed by atoms with Crippen molar-refractivity contribution in [3.63, 3.8) is 0 Å². The maximum absolute atomic E-state index is 13.6. The first-order chi connectivity index (χ1) is 19.0. The van der Waals surface area contributed by atoms with E-state index >= 15 is 0 Å². The highest BCUT2D eigenvalue weighted by atomic mass is 32.2. The quantitative estimate of drug-likeness (QED) is 0.263. The van der Waals surface area contributed by atoms with Gasteiger partial charge in [-0.15, -0.1) is 18.3 Å². The van der Waals surface area contributed by atoms with Gasteiger partial charge in [0, 0.05) is 47.7 Å². The summed E-state index contributed by atoms with van der Waals surface area (Å²) in [5.74, 6) is 0.212. The summed E-state index contributed by atoms with van der Waals surface area (Å²) in [6, 6.07) is 8.38. The summed E-state index contributed by atoms with van der Waals surface area (Å²) in [4.78, 5) is 30.5. The van der Waals surface area contributed by atoms with E-state index in [1.807, 2.05) is 25.1 Å². The number of nitrogens with zero attached hydrogens (tertiary/aromatic N) is 1. The Morgan fingerprint density at radius 3 is 2.73 bits per heavy atom. The van der Waals surface area contributed by atoms with Gasteiger partial charge < -0.3 is 14.6 Å². The van der Waals surface area contributed by atoms with E-state index < -0.39 is 23.0 Å². The monoisotopic (exact) mass is 569 g/mol. The highest BCUT2D eigenvalue weighted by Crippen LogP contribution is 2.68. The van der Waals surface area contributed by atoms with Crippen molar-refractivity contribution in [2.75, 3.05) is 32.1 Å². The molecule has 0 amide bonds. The normalized spacial score (nSPS) is 40.1. The van der Waals surface area contributed by atoms with E-state index in [4.69, 9.17) is 9.47 Å². The summed E-state index contributed by atoms with van der Waals surface area (Å²) in [6.07, 6.45) is 4.45. The minimum atomic E-state index is -0.652. The zero-order chi connectivity index (χ0) is 28.7. The van der Waals surface area contributed by atoms with Gasteiger partial charge in [-0.25, -0.2) is 0 Å². The molecular formula is C33H47NO5S. The molecule has 2 bridgehead atoms. The van der Waals surface area contributed by atoms with Crippen molar-refractivity contribution >= 4 is 23.5 Å². The molecular weight excluding hydrogens is 522 g/mol. The number of rotatable bonds is 7. The van der Waals surface area contributed by atoms with Crippen molar-refractivity contribution in [1.29, 1.82) is 0 Å². The van der Waals surface area contributed by atoms with Gasteiger partial charge >= 0.3 is 5.97 Å². The molecule has 1 N–H and O–H groups in total. The fraction of sp³-hybridized carbons (Fsp3) is 0.697. The van der Waals surface area contributed by atoms with Gasteiger partial charge in [0.25, 0.3) is 0 Å². The summed E-state index contributed by atoms with van der Waals surface area (Å²) in [7, 11) is 0. The Balaban J connectivity index is 1.35. The number of ketones is 1. The number of benzene rings is 1. The predicted molar refractivity (Wildman–Crippen MR) is 158 cm³/mol. The van der Waals surface area contributed by atoms with Crippen LogP contribution in [-0.4, -0.2) is 66.0 Å². The number of ether oxygens (including phenoxy) is 2. The molecule has 3 saturated carbocycles. The average Bonchev–Trinajstić information content (AvgIpc) is 3.31.